The van der Waals surface area contributed by atoms with Crippen LogP contribution in [0.2, 0.25) is 0 Å². The van der Waals surface area contributed by atoms with E-state index < -0.39 is 17.7 Å². The predicted octanol–water partition coefficient (Wildman–Crippen LogP) is 4.06. The molecule has 2 aromatic rings. The lowest BCUT2D eigenvalue weighted by Gasteiger charge is -2.24. The van der Waals surface area contributed by atoms with Crippen LogP contribution in [0.3, 0.4) is 0 Å². The van der Waals surface area contributed by atoms with Crippen LogP contribution >= 0.6 is 0 Å². The maximum Gasteiger partial charge on any atom is 0.410 e. The number of fused-ring (bicyclic) bond motifs is 2. The molecule has 0 spiro atoms. The quantitative estimate of drug-likeness (QED) is 0.394. The molecule has 0 fully saturated rings. The van der Waals surface area contributed by atoms with Gasteiger partial charge in [0.2, 0.25) is 0 Å². The molecule has 8 heteroatoms. The number of rotatable bonds is 8. The second-order valence-corrected chi connectivity index (χ2v) is 9.12. The monoisotopic (exact) mass is 466 g/mol. The van der Waals surface area contributed by atoms with Crippen molar-refractivity contribution in [2.75, 3.05) is 32.1 Å². The molecule has 1 amide bonds. The molecule has 0 bridgehead atoms. The third-order valence-electron chi connectivity index (χ3n) is 5.17. The number of anilines is 1. The molecule has 1 N–H and O–H groups in total. The Morgan fingerprint density at radius 3 is 2.24 bits per heavy atom. The van der Waals surface area contributed by atoms with Crippen LogP contribution in [0.15, 0.2) is 42.5 Å². The van der Waals surface area contributed by atoms with Gasteiger partial charge < -0.3 is 19.7 Å². The number of esters is 1. The molecule has 3 rings (SSSR count). The first-order valence-corrected chi connectivity index (χ1v) is 11.2. The Morgan fingerprint density at radius 1 is 0.912 bits per heavy atom. The first-order valence-electron chi connectivity index (χ1n) is 11.2. The minimum Gasteiger partial charge on any atom is -0.464 e. The number of nitrogens with one attached hydrogen (secondary N) is 1. The van der Waals surface area contributed by atoms with Gasteiger partial charge in [0.15, 0.2) is 11.6 Å². The van der Waals surface area contributed by atoms with Gasteiger partial charge in [0.25, 0.3) is 0 Å². The van der Waals surface area contributed by atoms with Gasteiger partial charge in [-0.1, -0.05) is 36.4 Å². The average molecular weight is 467 g/mol. The fourth-order valence-corrected chi connectivity index (χ4v) is 3.57. The molecule has 0 saturated heterocycles. The van der Waals surface area contributed by atoms with Gasteiger partial charge in [-0.25, -0.2) is 4.79 Å². The summed E-state index contributed by atoms with van der Waals surface area (Å²) in [5.74, 6) is -0.838. The molecule has 0 heterocycles. The average Bonchev–Trinajstić information content (AvgIpc) is 2.78. The van der Waals surface area contributed by atoms with Crippen LogP contribution in [0, 0.1) is 0 Å². The summed E-state index contributed by atoms with van der Waals surface area (Å²) in [5.41, 5.74) is 1.61. The summed E-state index contributed by atoms with van der Waals surface area (Å²) >= 11 is 0. The Labute approximate surface area is 199 Å². The van der Waals surface area contributed by atoms with E-state index in [0.717, 1.165) is 0 Å². The molecule has 2 aromatic carbocycles. The van der Waals surface area contributed by atoms with Gasteiger partial charge in [0, 0.05) is 36.0 Å². The predicted molar refractivity (Wildman–Crippen MR) is 127 cm³/mol. The van der Waals surface area contributed by atoms with Crippen molar-refractivity contribution in [3.05, 3.63) is 64.7 Å². The molecule has 1 aliphatic carbocycles. The number of amides is 1. The van der Waals surface area contributed by atoms with Crippen LogP contribution in [0.4, 0.5) is 10.5 Å². The van der Waals surface area contributed by atoms with E-state index in [4.69, 9.17) is 9.47 Å². The maximum absolute atomic E-state index is 13.0. The lowest BCUT2D eigenvalue weighted by Crippen LogP contribution is -2.37. The van der Waals surface area contributed by atoms with Crippen LogP contribution in [-0.4, -0.2) is 60.9 Å². The Bertz CT molecular complexity index is 1100. The number of likely N-dealkylation sites (N-methyl/N-ethyl adjacent to an activating group) is 1. The first-order chi connectivity index (χ1) is 16.1. The van der Waals surface area contributed by atoms with Crippen molar-refractivity contribution in [1.29, 1.82) is 0 Å². The molecular formula is C26H30N2O6. The molecule has 0 unspecified atom stereocenters. The van der Waals surface area contributed by atoms with Gasteiger partial charge in [-0.3, -0.25) is 14.4 Å². The van der Waals surface area contributed by atoms with Gasteiger partial charge in [-0.05, 0) is 39.7 Å². The van der Waals surface area contributed by atoms with E-state index in [-0.39, 0.29) is 24.7 Å². The highest BCUT2D eigenvalue weighted by atomic mass is 16.6. The minimum absolute atomic E-state index is 0.155. The van der Waals surface area contributed by atoms with Crippen molar-refractivity contribution < 1.29 is 28.7 Å². The standard InChI is InChI=1S/C26H30N2O6/c1-26(2,3)34-25(32)28(4)16-21(29)33-15-8-7-14-27-20-13-9-12-19-22(20)24(31)18-11-6-5-10-17(18)23(19)30/h5-6,9-13,27H,7-8,14-16H2,1-4H3. The van der Waals surface area contributed by atoms with E-state index in [1.807, 2.05) is 0 Å². The van der Waals surface area contributed by atoms with E-state index in [2.05, 4.69) is 5.32 Å². The highest BCUT2D eigenvalue weighted by Gasteiger charge is 2.31. The van der Waals surface area contributed by atoms with E-state index in [0.29, 0.717) is 47.3 Å². The molecule has 0 saturated carbocycles. The Balaban J connectivity index is 1.45. The SMILES string of the molecule is CN(CC(=O)OCCCCNc1cccc2c1C(=O)c1ccccc1C2=O)C(=O)OC(C)(C)C. The fourth-order valence-electron chi connectivity index (χ4n) is 3.57. The first kappa shape index (κ1) is 25.0. The molecule has 0 radical (unpaired) electrons. The summed E-state index contributed by atoms with van der Waals surface area (Å²) in [7, 11) is 1.48. The van der Waals surface area contributed by atoms with Gasteiger partial charge >= 0.3 is 12.1 Å². The number of hydrogen-bond donors (Lipinski definition) is 1. The second kappa shape index (κ2) is 10.5. The summed E-state index contributed by atoms with van der Waals surface area (Å²) < 4.78 is 10.4. The zero-order valence-electron chi connectivity index (χ0n) is 20.0. The molecule has 0 aromatic heterocycles. The summed E-state index contributed by atoms with van der Waals surface area (Å²) in [4.78, 5) is 50.8. The molecule has 34 heavy (non-hydrogen) atoms. The summed E-state index contributed by atoms with van der Waals surface area (Å²) in [6.45, 7) is 5.81. The highest BCUT2D eigenvalue weighted by molar-refractivity contribution is 6.30. The third kappa shape index (κ3) is 6.01. The van der Waals surface area contributed by atoms with E-state index in [1.54, 1.807) is 63.2 Å². The van der Waals surface area contributed by atoms with Crippen molar-refractivity contribution in [2.24, 2.45) is 0 Å². The smallest absolute Gasteiger partial charge is 0.410 e. The molecule has 0 aliphatic heterocycles. The topological polar surface area (TPSA) is 102 Å². The van der Waals surface area contributed by atoms with Crippen molar-refractivity contribution in [2.45, 2.75) is 39.2 Å². The molecule has 0 atom stereocenters. The van der Waals surface area contributed by atoms with Crippen LogP contribution < -0.4 is 5.32 Å². The lowest BCUT2D eigenvalue weighted by atomic mass is 9.83. The summed E-state index contributed by atoms with van der Waals surface area (Å²) in [6.07, 6.45) is 0.687. The van der Waals surface area contributed by atoms with Gasteiger partial charge in [0.1, 0.15) is 12.1 Å². The van der Waals surface area contributed by atoms with Crippen LogP contribution in [0.5, 0.6) is 0 Å². The maximum atomic E-state index is 13.0. The molecule has 8 nitrogen and oxygen atoms in total. The van der Waals surface area contributed by atoms with Gasteiger partial charge in [0.05, 0.1) is 12.2 Å². The zero-order chi connectivity index (χ0) is 24.9. The van der Waals surface area contributed by atoms with Crippen LogP contribution in [0.25, 0.3) is 0 Å². The Kier molecular flexibility index (Phi) is 7.71. The van der Waals surface area contributed by atoms with Crippen LogP contribution in [0.1, 0.15) is 65.5 Å². The van der Waals surface area contributed by atoms with Crippen molar-refractivity contribution >= 4 is 29.3 Å². The second-order valence-electron chi connectivity index (χ2n) is 9.12. The Hall–Kier alpha value is -3.68. The van der Waals surface area contributed by atoms with Crippen LogP contribution in [-0.2, 0) is 14.3 Å². The number of unbranched alkanes of at least 4 members (excludes halogenated alkanes) is 1. The van der Waals surface area contributed by atoms with E-state index in [9.17, 15) is 19.2 Å². The summed E-state index contributed by atoms with van der Waals surface area (Å²) in [5, 5.41) is 3.23. The van der Waals surface area contributed by atoms with E-state index in [1.165, 1.54) is 11.9 Å². The van der Waals surface area contributed by atoms with E-state index >= 15 is 0 Å². The summed E-state index contributed by atoms with van der Waals surface area (Å²) in [6, 6.07) is 12.0. The number of carbonyl (C=O) groups is 4. The third-order valence-corrected chi connectivity index (χ3v) is 5.17. The lowest BCUT2D eigenvalue weighted by molar-refractivity contribution is -0.144. The van der Waals surface area contributed by atoms with Crippen molar-refractivity contribution in [1.82, 2.24) is 4.90 Å². The van der Waals surface area contributed by atoms with Gasteiger partial charge in [-0.15, -0.1) is 0 Å². The van der Waals surface area contributed by atoms with Crippen molar-refractivity contribution in [3.63, 3.8) is 0 Å². The highest BCUT2D eigenvalue weighted by Crippen LogP contribution is 2.31. The number of hydrogen-bond acceptors (Lipinski definition) is 7. The zero-order valence-corrected chi connectivity index (χ0v) is 20.0. The number of ketones is 2. The number of benzene rings is 2. The normalized spacial score (nSPS) is 12.5. The molecular weight excluding hydrogens is 436 g/mol. The van der Waals surface area contributed by atoms with Crippen molar-refractivity contribution in [3.8, 4) is 0 Å². The largest absolute Gasteiger partial charge is 0.464 e. The minimum atomic E-state index is -0.637. The number of carbonyl (C=O) groups excluding carboxylic acids is 4. The van der Waals surface area contributed by atoms with Gasteiger partial charge in [-0.2, -0.15) is 0 Å². The number of ether oxygens (including phenoxy) is 2. The Morgan fingerprint density at radius 2 is 1.56 bits per heavy atom. The number of nitrogens with zero attached hydrogens (tertiary/aromatic N) is 1. The molecule has 1 aliphatic rings. The molecule has 180 valence electrons. The fraction of sp³-hybridized carbons (Fsp3) is 0.385.